The highest BCUT2D eigenvalue weighted by Crippen LogP contribution is 2.20. The average Bonchev–Trinajstić information content (AvgIpc) is 2.48. The Morgan fingerprint density at radius 3 is 2.59 bits per heavy atom. The van der Waals surface area contributed by atoms with E-state index in [2.05, 4.69) is 39.4 Å². The maximum absolute atomic E-state index is 5.54. The van der Waals surface area contributed by atoms with Crippen molar-refractivity contribution in [3.05, 3.63) is 0 Å². The van der Waals surface area contributed by atoms with E-state index < -0.39 is 0 Å². The number of rotatable bonds is 8. The number of ether oxygens (including phenoxy) is 2. The number of anilines is 2. The molecule has 2 rings (SSSR count). The quantitative estimate of drug-likeness (QED) is 0.704. The average molecular weight is 327 g/mol. The van der Waals surface area contributed by atoms with Gasteiger partial charge in [0.05, 0.1) is 13.2 Å². The second kappa shape index (κ2) is 9.12. The summed E-state index contributed by atoms with van der Waals surface area (Å²) in [7, 11) is 0. The Labute approximate surface area is 136 Å². The van der Waals surface area contributed by atoms with Crippen LogP contribution in [0.15, 0.2) is 5.16 Å². The van der Waals surface area contributed by atoms with Gasteiger partial charge in [-0.1, -0.05) is 11.8 Å². The van der Waals surface area contributed by atoms with Crippen LogP contribution in [0.25, 0.3) is 0 Å². The van der Waals surface area contributed by atoms with Crippen LogP contribution in [0.3, 0.4) is 0 Å². The molecular formula is C14H25N5O2S. The summed E-state index contributed by atoms with van der Waals surface area (Å²) < 4.78 is 11.1. The van der Waals surface area contributed by atoms with Crippen molar-refractivity contribution < 1.29 is 9.47 Å². The fourth-order valence-corrected chi connectivity index (χ4v) is 2.73. The third kappa shape index (κ3) is 5.94. The lowest BCUT2D eigenvalue weighted by atomic mass is 10.4. The zero-order chi connectivity index (χ0) is 15.8. The van der Waals surface area contributed by atoms with Crippen LogP contribution in [0.4, 0.5) is 11.9 Å². The van der Waals surface area contributed by atoms with Gasteiger partial charge >= 0.3 is 0 Å². The second-order valence-electron chi connectivity index (χ2n) is 5.26. The van der Waals surface area contributed by atoms with E-state index in [-0.39, 0.29) is 12.3 Å². The van der Waals surface area contributed by atoms with Crippen LogP contribution in [-0.2, 0) is 9.47 Å². The summed E-state index contributed by atoms with van der Waals surface area (Å²) in [5, 5.41) is 7.07. The summed E-state index contributed by atoms with van der Waals surface area (Å²) in [5.74, 6) is 2.06. The standard InChI is InChI=1S/C14H25N5O2S/c1-4-15-12-17-13(16-10(2)3)19-14(18-12)22-9-6-11-20-7-5-8-21-11/h10-11H,4-9H2,1-3H3,(H2,15,16,17,18,19). The zero-order valence-electron chi connectivity index (χ0n) is 13.5. The van der Waals surface area contributed by atoms with Gasteiger partial charge in [0.2, 0.25) is 11.9 Å². The molecule has 1 fully saturated rings. The van der Waals surface area contributed by atoms with E-state index in [1.165, 1.54) is 0 Å². The summed E-state index contributed by atoms with van der Waals surface area (Å²) in [6, 6.07) is 0.277. The molecule has 0 atom stereocenters. The molecule has 0 aromatic carbocycles. The lowest BCUT2D eigenvalue weighted by molar-refractivity contribution is -0.178. The Kier molecular flexibility index (Phi) is 7.14. The zero-order valence-corrected chi connectivity index (χ0v) is 14.3. The maximum atomic E-state index is 5.54. The molecule has 22 heavy (non-hydrogen) atoms. The number of aromatic nitrogens is 3. The molecule has 0 saturated carbocycles. The van der Waals surface area contributed by atoms with Crippen LogP contribution in [0.2, 0.25) is 0 Å². The molecule has 1 aliphatic rings. The van der Waals surface area contributed by atoms with Gasteiger partial charge < -0.3 is 20.1 Å². The predicted molar refractivity (Wildman–Crippen MR) is 88.4 cm³/mol. The molecule has 1 saturated heterocycles. The van der Waals surface area contributed by atoms with Crippen LogP contribution in [0, 0.1) is 0 Å². The van der Waals surface area contributed by atoms with Crippen molar-refractivity contribution in [1.29, 1.82) is 0 Å². The van der Waals surface area contributed by atoms with Crippen molar-refractivity contribution in [2.75, 3.05) is 36.1 Å². The lowest BCUT2D eigenvalue weighted by Gasteiger charge is -2.22. The highest BCUT2D eigenvalue weighted by molar-refractivity contribution is 7.99. The van der Waals surface area contributed by atoms with Gasteiger partial charge in [-0.3, -0.25) is 0 Å². The Morgan fingerprint density at radius 1 is 1.18 bits per heavy atom. The summed E-state index contributed by atoms with van der Waals surface area (Å²) >= 11 is 1.59. The van der Waals surface area contributed by atoms with Crippen molar-refractivity contribution in [3.8, 4) is 0 Å². The molecule has 0 radical (unpaired) electrons. The smallest absolute Gasteiger partial charge is 0.228 e. The Morgan fingerprint density at radius 2 is 1.91 bits per heavy atom. The Balaban J connectivity index is 1.91. The van der Waals surface area contributed by atoms with E-state index >= 15 is 0 Å². The van der Waals surface area contributed by atoms with E-state index in [1.54, 1.807) is 11.8 Å². The first-order chi connectivity index (χ1) is 10.7. The van der Waals surface area contributed by atoms with Crippen LogP contribution in [0.1, 0.15) is 33.6 Å². The van der Waals surface area contributed by atoms with E-state index in [4.69, 9.17) is 9.47 Å². The van der Waals surface area contributed by atoms with E-state index in [9.17, 15) is 0 Å². The van der Waals surface area contributed by atoms with Gasteiger partial charge in [0, 0.05) is 24.8 Å². The molecule has 2 N–H and O–H groups in total. The van der Waals surface area contributed by atoms with Gasteiger partial charge in [-0.2, -0.15) is 15.0 Å². The largest absolute Gasteiger partial charge is 0.354 e. The third-order valence-electron chi connectivity index (χ3n) is 2.85. The number of nitrogens with zero attached hydrogens (tertiary/aromatic N) is 3. The summed E-state index contributed by atoms with van der Waals surface area (Å²) in [5.41, 5.74) is 0. The molecular weight excluding hydrogens is 302 g/mol. The number of nitrogens with one attached hydrogen (secondary N) is 2. The molecule has 0 unspecified atom stereocenters. The molecule has 7 nitrogen and oxygen atoms in total. The first kappa shape index (κ1) is 17.2. The van der Waals surface area contributed by atoms with E-state index in [0.717, 1.165) is 38.4 Å². The number of hydrogen-bond acceptors (Lipinski definition) is 8. The summed E-state index contributed by atoms with van der Waals surface area (Å²) in [4.78, 5) is 13.2. The molecule has 1 aromatic rings. The van der Waals surface area contributed by atoms with Gasteiger partial charge in [-0.05, 0) is 27.2 Å². The Bertz CT molecular complexity index is 455. The van der Waals surface area contributed by atoms with Crippen LogP contribution in [-0.4, -0.2) is 52.8 Å². The first-order valence-corrected chi connectivity index (χ1v) is 8.78. The van der Waals surface area contributed by atoms with E-state index in [0.29, 0.717) is 17.1 Å². The van der Waals surface area contributed by atoms with Crippen molar-refractivity contribution in [2.24, 2.45) is 0 Å². The minimum absolute atomic E-state index is 0.0930. The second-order valence-corrected chi connectivity index (χ2v) is 6.32. The number of hydrogen-bond donors (Lipinski definition) is 2. The lowest BCUT2D eigenvalue weighted by Crippen LogP contribution is -2.25. The van der Waals surface area contributed by atoms with Crippen LogP contribution < -0.4 is 10.6 Å². The van der Waals surface area contributed by atoms with Crippen molar-refractivity contribution in [1.82, 2.24) is 15.0 Å². The first-order valence-electron chi connectivity index (χ1n) is 7.80. The molecule has 124 valence electrons. The van der Waals surface area contributed by atoms with Crippen LogP contribution >= 0.6 is 11.8 Å². The van der Waals surface area contributed by atoms with Gasteiger partial charge in [-0.25, -0.2) is 0 Å². The van der Waals surface area contributed by atoms with E-state index in [1.807, 2.05) is 6.92 Å². The van der Waals surface area contributed by atoms with Crippen molar-refractivity contribution in [2.45, 2.75) is 51.1 Å². The van der Waals surface area contributed by atoms with Crippen molar-refractivity contribution in [3.63, 3.8) is 0 Å². The van der Waals surface area contributed by atoms with Gasteiger partial charge in [0.25, 0.3) is 0 Å². The minimum Gasteiger partial charge on any atom is -0.354 e. The minimum atomic E-state index is -0.0930. The Hall–Kier alpha value is -1.12. The molecule has 0 amide bonds. The van der Waals surface area contributed by atoms with Gasteiger partial charge in [0.1, 0.15) is 0 Å². The molecule has 8 heteroatoms. The highest BCUT2D eigenvalue weighted by Gasteiger charge is 2.14. The summed E-state index contributed by atoms with van der Waals surface area (Å²) in [6.45, 7) is 8.48. The maximum Gasteiger partial charge on any atom is 0.228 e. The molecule has 0 spiro atoms. The molecule has 1 aliphatic heterocycles. The van der Waals surface area contributed by atoms with Gasteiger partial charge in [-0.15, -0.1) is 0 Å². The predicted octanol–water partition coefficient (Wildman–Crippen LogP) is 2.37. The highest BCUT2D eigenvalue weighted by atomic mass is 32.2. The third-order valence-corrected chi connectivity index (χ3v) is 3.73. The molecule has 1 aromatic heterocycles. The normalized spacial score (nSPS) is 16.0. The SMILES string of the molecule is CCNc1nc(NC(C)C)nc(SCCC2OCCCO2)n1. The number of thioether (sulfide) groups is 1. The fraction of sp³-hybridized carbons (Fsp3) is 0.786. The fourth-order valence-electron chi connectivity index (χ4n) is 1.93. The summed E-state index contributed by atoms with van der Waals surface area (Å²) in [6.07, 6.45) is 1.72. The molecule has 0 aliphatic carbocycles. The van der Waals surface area contributed by atoms with Crippen molar-refractivity contribution >= 4 is 23.7 Å². The molecule has 0 bridgehead atoms. The topological polar surface area (TPSA) is 81.2 Å². The molecule has 2 heterocycles. The van der Waals surface area contributed by atoms with Gasteiger partial charge in [0.15, 0.2) is 11.4 Å². The van der Waals surface area contributed by atoms with Crippen LogP contribution in [0.5, 0.6) is 0 Å². The monoisotopic (exact) mass is 327 g/mol.